The Morgan fingerprint density at radius 3 is 2.75 bits per heavy atom. The number of halogens is 1. The largest absolute Gasteiger partial charge is 0.496 e. The molecule has 3 rings (SSSR count). The van der Waals surface area contributed by atoms with E-state index in [0.717, 1.165) is 24.0 Å². The van der Waals surface area contributed by atoms with Gasteiger partial charge in [-0.25, -0.2) is 4.39 Å². The van der Waals surface area contributed by atoms with Gasteiger partial charge in [0.1, 0.15) is 17.2 Å². The number of hydrogen-bond donors (Lipinski definition) is 1. The maximum atomic E-state index is 13.6. The van der Waals surface area contributed by atoms with Crippen LogP contribution in [0.1, 0.15) is 29.5 Å². The smallest absolute Gasteiger partial charge is 0.125 e. The minimum atomic E-state index is -1.18. The van der Waals surface area contributed by atoms with Crippen molar-refractivity contribution < 1.29 is 14.2 Å². The molecule has 0 bridgehead atoms. The fraction of sp³-hybridized carbons (Fsp3) is 0.294. The zero-order chi connectivity index (χ0) is 14.2. The van der Waals surface area contributed by atoms with Crippen molar-refractivity contribution in [2.75, 3.05) is 7.11 Å². The van der Waals surface area contributed by atoms with Crippen molar-refractivity contribution in [1.29, 1.82) is 0 Å². The van der Waals surface area contributed by atoms with Crippen LogP contribution in [0.5, 0.6) is 5.75 Å². The van der Waals surface area contributed by atoms with Crippen LogP contribution < -0.4 is 4.74 Å². The second-order valence-corrected chi connectivity index (χ2v) is 5.22. The van der Waals surface area contributed by atoms with Gasteiger partial charge in [-0.15, -0.1) is 0 Å². The molecule has 0 spiro atoms. The Kier molecular flexibility index (Phi) is 3.22. The Bertz CT molecular complexity index is 639. The van der Waals surface area contributed by atoms with E-state index in [4.69, 9.17) is 4.74 Å². The highest BCUT2D eigenvalue weighted by atomic mass is 19.1. The van der Waals surface area contributed by atoms with Gasteiger partial charge < -0.3 is 9.84 Å². The van der Waals surface area contributed by atoms with Crippen molar-refractivity contribution in [2.45, 2.75) is 24.9 Å². The van der Waals surface area contributed by atoms with Crippen LogP contribution in [0.2, 0.25) is 0 Å². The van der Waals surface area contributed by atoms with E-state index in [1.807, 2.05) is 24.3 Å². The van der Waals surface area contributed by atoms with Gasteiger partial charge in [0.25, 0.3) is 0 Å². The van der Waals surface area contributed by atoms with Gasteiger partial charge >= 0.3 is 0 Å². The Morgan fingerprint density at radius 2 is 1.95 bits per heavy atom. The zero-order valence-electron chi connectivity index (χ0n) is 11.4. The molecule has 0 radical (unpaired) electrons. The topological polar surface area (TPSA) is 29.5 Å². The predicted octanol–water partition coefficient (Wildman–Crippen LogP) is 3.41. The molecule has 0 saturated heterocycles. The van der Waals surface area contributed by atoms with Gasteiger partial charge in [0, 0.05) is 5.56 Å². The molecule has 0 aliphatic heterocycles. The predicted molar refractivity (Wildman–Crippen MR) is 75.3 cm³/mol. The van der Waals surface area contributed by atoms with E-state index in [0.29, 0.717) is 17.7 Å². The summed E-state index contributed by atoms with van der Waals surface area (Å²) in [6.45, 7) is 0. The van der Waals surface area contributed by atoms with E-state index in [2.05, 4.69) is 0 Å². The minimum Gasteiger partial charge on any atom is -0.496 e. The third-order valence-corrected chi connectivity index (χ3v) is 4.05. The number of rotatable bonds is 2. The summed E-state index contributed by atoms with van der Waals surface area (Å²) < 4.78 is 18.9. The molecule has 1 aliphatic carbocycles. The maximum Gasteiger partial charge on any atom is 0.125 e. The highest BCUT2D eigenvalue weighted by Gasteiger charge is 2.38. The first-order chi connectivity index (χ1) is 9.65. The molecule has 20 heavy (non-hydrogen) atoms. The highest BCUT2D eigenvalue weighted by Crippen LogP contribution is 2.43. The van der Waals surface area contributed by atoms with Crippen LogP contribution in [0.25, 0.3) is 0 Å². The van der Waals surface area contributed by atoms with Gasteiger partial charge in [-0.2, -0.15) is 0 Å². The van der Waals surface area contributed by atoms with E-state index in [-0.39, 0.29) is 5.82 Å². The average molecular weight is 272 g/mol. The fourth-order valence-electron chi connectivity index (χ4n) is 3.09. The second-order valence-electron chi connectivity index (χ2n) is 5.22. The summed E-state index contributed by atoms with van der Waals surface area (Å²) in [5, 5.41) is 11.2. The third kappa shape index (κ3) is 1.98. The average Bonchev–Trinajstić information content (AvgIpc) is 2.48. The number of fused-ring (bicyclic) bond motifs is 1. The molecule has 0 saturated carbocycles. The molecule has 1 atom stereocenters. The van der Waals surface area contributed by atoms with E-state index in [9.17, 15) is 9.50 Å². The van der Waals surface area contributed by atoms with Crippen molar-refractivity contribution in [3.63, 3.8) is 0 Å². The lowest BCUT2D eigenvalue weighted by Crippen LogP contribution is -2.32. The third-order valence-electron chi connectivity index (χ3n) is 4.05. The monoisotopic (exact) mass is 272 g/mol. The van der Waals surface area contributed by atoms with Gasteiger partial charge in [-0.1, -0.05) is 24.3 Å². The summed E-state index contributed by atoms with van der Waals surface area (Å²) in [6, 6.07) is 12.1. The Hall–Kier alpha value is -1.87. The van der Waals surface area contributed by atoms with Crippen molar-refractivity contribution in [2.24, 2.45) is 0 Å². The Morgan fingerprint density at radius 1 is 1.15 bits per heavy atom. The summed E-state index contributed by atoms with van der Waals surface area (Å²) in [5.74, 6) is 0.155. The summed E-state index contributed by atoms with van der Waals surface area (Å²) in [6.07, 6.45) is 2.38. The molecule has 0 fully saturated rings. The first kappa shape index (κ1) is 13.1. The Balaban J connectivity index is 2.21. The Labute approximate surface area is 117 Å². The summed E-state index contributed by atoms with van der Waals surface area (Å²) in [4.78, 5) is 0. The quantitative estimate of drug-likeness (QED) is 0.908. The lowest BCUT2D eigenvalue weighted by atomic mass is 9.75. The van der Waals surface area contributed by atoms with Crippen LogP contribution >= 0.6 is 0 Å². The molecule has 2 aromatic carbocycles. The standard InChI is InChI=1S/C17H17FO2/c1-20-16-9-8-13(18)11-15(16)17(19)10-4-6-12-5-2-3-7-14(12)17/h2-3,5,7-9,11,19H,4,6,10H2,1H3. The minimum absolute atomic E-state index is 0.364. The molecular weight excluding hydrogens is 255 g/mol. The van der Waals surface area contributed by atoms with Crippen LogP contribution in [0, 0.1) is 5.82 Å². The van der Waals surface area contributed by atoms with Crippen molar-refractivity contribution >= 4 is 0 Å². The molecule has 0 aromatic heterocycles. The van der Waals surface area contributed by atoms with Crippen LogP contribution in [0.15, 0.2) is 42.5 Å². The van der Waals surface area contributed by atoms with Crippen LogP contribution in [0.3, 0.4) is 0 Å². The first-order valence-corrected chi connectivity index (χ1v) is 6.80. The number of aliphatic hydroxyl groups is 1. The van der Waals surface area contributed by atoms with Crippen molar-refractivity contribution in [1.82, 2.24) is 0 Å². The molecule has 1 N–H and O–H groups in total. The lowest BCUT2D eigenvalue weighted by molar-refractivity contribution is 0.0586. The second kappa shape index (κ2) is 4.91. The van der Waals surface area contributed by atoms with E-state index < -0.39 is 5.60 Å². The number of benzene rings is 2. The van der Waals surface area contributed by atoms with Crippen LogP contribution in [0.4, 0.5) is 4.39 Å². The summed E-state index contributed by atoms with van der Waals surface area (Å²) in [5.41, 5.74) is 1.30. The highest BCUT2D eigenvalue weighted by molar-refractivity contribution is 5.48. The molecule has 3 heteroatoms. The fourth-order valence-corrected chi connectivity index (χ4v) is 3.09. The SMILES string of the molecule is COc1ccc(F)cc1C1(O)CCCc2ccccc21. The van der Waals surface area contributed by atoms with Crippen molar-refractivity contribution in [3.8, 4) is 5.75 Å². The van der Waals surface area contributed by atoms with Gasteiger partial charge in [-0.3, -0.25) is 0 Å². The van der Waals surface area contributed by atoms with E-state index in [1.165, 1.54) is 19.2 Å². The lowest BCUT2D eigenvalue weighted by Gasteiger charge is -2.35. The first-order valence-electron chi connectivity index (χ1n) is 6.80. The van der Waals surface area contributed by atoms with Crippen LogP contribution in [-0.4, -0.2) is 12.2 Å². The van der Waals surface area contributed by atoms with Gasteiger partial charge in [0.05, 0.1) is 7.11 Å². The normalized spacial score (nSPS) is 21.4. The number of methoxy groups -OCH3 is 1. The molecular formula is C17H17FO2. The molecule has 0 amide bonds. The van der Waals surface area contributed by atoms with Gasteiger partial charge in [0.2, 0.25) is 0 Å². The van der Waals surface area contributed by atoms with E-state index in [1.54, 1.807) is 6.07 Å². The zero-order valence-corrected chi connectivity index (χ0v) is 11.4. The number of ether oxygens (including phenoxy) is 1. The molecule has 1 aliphatic rings. The summed E-state index contributed by atoms with van der Waals surface area (Å²) in [7, 11) is 1.54. The molecule has 1 unspecified atom stereocenters. The maximum absolute atomic E-state index is 13.6. The van der Waals surface area contributed by atoms with E-state index >= 15 is 0 Å². The molecule has 2 aromatic rings. The summed E-state index contributed by atoms with van der Waals surface area (Å²) >= 11 is 0. The molecule has 104 valence electrons. The number of hydrogen-bond acceptors (Lipinski definition) is 2. The van der Waals surface area contributed by atoms with Crippen molar-refractivity contribution in [3.05, 3.63) is 65.0 Å². The van der Waals surface area contributed by atoms with Gasteiger partial charge in [-0.05, 0) is 48.6 Å². The van der Waals surface area contributed by atoms with Crippen LogP contribution in [-0.2, 0) is 12.0 Å². The number of aryl methyl sites for hydroxylation is 1. The van der Waals surface area contributed by atoms with Gasteiger partial charge in [0.15, 0.2) is 0 Å². The molecule has 2 nitrogen and oxygen atoms in total. The molecule has 0 heterocycles.